The molecule has 1 aromatic rings. The van der Waals surface area contributed by atoms with Crippen LogP contribution in [0.25, 0.3) is 0 Å². The standard InChI is InChI=1S/C12H17FN2/c1-9-8-12(10(2)7-11(9)13)15-5-3-14-4-6-15/h7-8,14H,3-6H2,1-2H3. The minimum absolute atomic E-state index is 0.105. The Morgan fingerprint density at radius 1 is 1.13 bits per heavy atom. The van der Waals surface area contributed by atoms with E-state index in [4.69, 9.17) is 0 Å². The zero-order valence-corrected chi connectivity index (χ0v) is 9.31. The van der Waals surface area contributed by atoms with Gasteiger partial charge in [0.15, 0.2) is 0 Å². The molecule has 1 fully saturated rings. The number of halogens is 1. The van der Waals surface area contributed by atoms with E-state index in [1.165, 1.54) is 5.69 Å². The third-order valence-corrected chi connectivity index (χ3v) is 2.93. The number of rotatable bonds is 1. The molecule has 0 spiro atoms. The molecule has 2 rings (SSSR count). The summed E-state index contributed by atoms with van der Waals surface area (Å²) in [4.78, 5) is 2.32. The summed E-state index contributed by atoms with van der Waals surface area (Å²) in [5.41, 5.74) is 2.93. The molecule has 1 aromatic carbocycles. The maximum absolute atomic E-state index is 13.3. The van der Waals surface area contributed by atoms with Crippen LogP contribution in [0, 0.1) is 19.7 Å². The van der Waals surface area contributed by atoms with Crippen molar-refractivity contribution < 1.29 is 4.39 Å². The molecule has 0 radical (unpaired) electrons. The molecule has 3 heteroatoms. The summed E-state index contributed by atoms with van der Waals surface area (Å²) in [6, 6.07) is 3.59. The Labute approximate surface area is 90.1 Å². The van der Waals surface area contributed by atoms with E-state index in [9.17, 15) is 4.39 Å². The molecule has 1 heterocycles. The van der Waals surface area contributed by atoms with Crippen molar-refractivity contribution in [1.29, 1.82) is 0 Å². The van der Waals surface area contributed by atoms with Gasteiger partial charge in [-0.15, -0.1) is 0 Å². The lowest BCUT2D eigenvalue weighted by atomic mass is 10.1. The Morgan fingerprint density at radius 3 is 2.47 bits per heavy atom. The molecule has 0 atom stereocenters. The molecule has 0 bridgehead atoms. The normalized spacial score (nSPS) is 16.9. The quantitative estimate of drug-likeness (QED) is 0.757. The van der Waals surface area contributed by atoms with Crippen molar-refractivity contribution in [2.24, 2.45) is 0 Å². The molecule has 1 aliphatic heterocycles. The van der Waals surface area contributed by atoms with Gasteiger partial charge in [0.1, 0.15) is 5.82 Å². The van der Waals surface area contributed by atoms with Crippen LogP contribution in [0.4, 0.5) is 10.1 Å². The van der Waals surface area contributed by atoms with Gasteiger partial charge in [-0.2, -0.15) is 0 Å². The highest BCUT2D eigenvalue weighted by atomic mass is 19.1. The summed E-state index contributed by atoms with van der Waals surface area (Å²) in [5, 5.41) is 3.31. The minimum atomic E-state index is -0.105. The molecule has 2 nitrogen and oxygen atoms in total. The summed E-state index contributed by atoms with van der Waals surface area (Å²) in [7, 11) is 0. The highest BCUT2D eigenvalue weighted by Gasteiger charge is 2.13. The molecule has 0 amide bonds. The second-order valence-electron chi connectivity index (χ2n) is 4.12. The van der Waals surface area contributed by atoms with Gasteiger partial charge in [0.25, 0.3) is 0 Å². The Bertz CT molecular complexity index is 357. The summed E-state index contributed by atoms with van der Waals surface area (Å²) in [6.45, 7) is 7.82. The zero-order chi connectivity index (χ0) is 10.8. The van der Waals surface area contributed by atoms with E-state index in [0.29, 0.717) is 0 Å². The predicted molar refractivity (Wildman–Crippen MR) is 61.0 cm³/mol. The first kappa shape index (κ1) is 10.4. The van der Waals surface area contributed by atoms with Crippen LogP contribution in [-0.2, 0) is 0 Å². The van der Waals surface area contributed by atoms with Crippen LogP contribution < -0.4 is 10.2 Å². The van der Waals surface area contributed by atoms with Crippen molar-refractivity contribution >= 4 is 5.69 Å². The third-order valence-electron chi connectivity index (χ3n) is 2.93. The van der Waals surface area contributed by atoms with Crippen molar-refractivity contribution in [3.63, 3.8) is 0 Å². The van der Waals surface area contributed by atoms with E-state index in [1.807, 2.05) is 19.9 Å². The zero-order valence-electron chi connectivity index (χ0n) is 9.31. The minimum Gasteiger partial charge on any atom is -0.369 e. The number of hydrogen-bond acceptors (Lipinski definition) is 2. The molecule has 0 saturated carbocycles. The van der Waals surface area contributed by atoms with Crippen LogP contribution in [0.1, 0.15) is 11.1 Å². The maximum atomic E-state index is 13.3. The average Bonchev–Trinajstić information content (AvgIpc) is 2.25. The van der Waals surface area contributed by atoms with Crippen LogP contribution in [0.15, 0.2) is 12.1 Å². The van der Waals surface area contributed by atoms with Crippen molar-refractivity contribution in [1.82, 2.24) is 5.32 Å². The van der Waals surface area contributed by atoms with Crippen LogP contribution >= 0.6 is 0 Å². The van der Waals surface area contributed by atoms with Crippen molar-refractivity contribution in [3.8, 4) is 0 Å². The molecule has 0 aromatic heterocycles. The summed E-state index contributed by atoms with van der Waals surface area (Å²) in [5.74, 6) is -0.105. The first-order valence-electron chi connectivity index (χ1n) is 5.41. The Hall–Kier alpha value is -1.09. The average molecular weight is 208 g/mol. The highest BCUT2D eigenvalue weighted by Crippen LogP contribution is 2.23. The van der Waals surface area contributed by atoms with Gasteiger partial charge in [-0.3, -0.25) is 0 Å². The van der Waals surface area contributed by atoms with Crippen LogP contribution in [0.3, 0.4) is 0 Å². The molecule has 15 heavy (non-hydrogen) atoms. The van der Waals surface area contributed by atoms with E-state index >= 15 is 0 Å². The molecule has 1 saturated heterocycles. The molecule has 82 valence electrons. The van der Waals surface area contributed by atoms with Gasteiger partial charge >= 0.3 is 0 Å². The first-order valence-corrected chi connectivity index (χ1v) is 5.41. The molecular formula is C12H17FN2. The second-order valence-corrected chi connectivity index (χ2v) is 4.12. The Balaban J connectivity index is 2.30. The largest absolute Gasteiger partial charge is 0.369 e. The number of benzene rings is 1. The molecule has 1 N–H and O–H groups in total. The monoisotopic (exact) mass is 208 g/mol. The highest BCUT2D eigenvalue weighted by molar-refractivity contribution is 5.55. The van der Waals surface area contributed by atoms with Crippen LogP contribution in [0.2, 0.25) is 0 Å². The summed E-state index contributed by atoms with van der Waals surface area (Å²) >= 11 is 0. The Morgan fingerprint density at radius 2 is 1.80 bits per heavy atom. The molecule has 1 aliphatic rings. The van der Waals surface area contributed by atoms with Gasteiger partial charge in [-0.05, 0) is 37.1 Å². The van der Waals surface area contributed by atoms with E-state index in [1.54, 1.807) is 6.07 Å². The third kappa shape index (κ3) is 2.12. The maximum Gasteiger partial charge on any atom is 0.126 e. The Kier molecular flexibility index (Phi) is 2.91. The van der Waals surface area contributed by atoms with Crippen LogP contribution in [0.5, 0.6) is 0 Å². The SMILES string of the molecule is Cc1cc(N2CCNCC2)c(C)cc1F. The summed E-state index contributed by atoms with van der Waals surface area (Å²) < 4.78 is 13.3. The first-order chi connectivity index (χ1) is 7.18. The number of aryl methyl sites for hydroxylation is 2. The lowest BCUT2D eigenvalue weighted by Gasteiger charge is -2.31. The summed E-state index contributed by atoms with van der Waals surface area (Å²) in [6.07, 6.45) is 0. The van der Waals surface area contributed by atoms with E-state index in [-0.39, 0.29) is 5.82 Å². The van der Waals surface area contributed by atoms with Gasteiger partial charge in [0.05, 0.1) is 0 Å². The van der Waals surface area contributed by atoms with Gasteiger partial charge in [0.2, 0.25) is 0 Å². The van der Waals surface area contributed by atoms with Crippen molar-refractivity contribution in [2.45, 2.75) is 13.8 Å². The molecular weight excluding hydrogens is 191 g/mol. The second kappa shape index (κ2) is 4.19. The van der Waals surface area contributed by atoms with Crippen molar-refractivity contribution in [2.75, 3.05) is 31.1 Å². The predicted octanol–water partition coefficient (Wildman–Crippen LogP) is 1.85. The molecule has 0 aliphatic carbocycles. The fraction of sp³-hybridized carbons (Fsp3) is 0.500. The number of nitrogens with one attached hydrogen (secondary N) is 1. The molecule has 0 unspecified atom stereocenters. The number of hydrogen-bond donors (Lipinski definition) is 1. The fourth-order valence-corrected chi connectivity index (χ4v) is 2.01. The number of piperazine rings is 1. The lowest BCUT2D eigenvalue weighted by molar-refractivity contribution is 0.585. The van der Waals surface area contributed by atoms with E-state index in [2.05, 4.69) is 10.2 Å². The smallest absolute Gasteiger partial charge is 0.126 e. The van der Waals surface area contributed by atoms with Gasteiger partial charge in [0, 0.05) is 31.9 Å². The lowest BCUT2D eigenvalue weighted by Crippen LogP contribution is -2.43. The van der Waals surface area contributed by atoms with Gasteiger partial charge < -0.3 is 10.2 Å². The van der Waals surface area contributed by atoms with E-state index < -0.39 is 0 Å². The fourth-order valence-electron chi connectivity index (χ4n) is 2.01. The van der Waals surface area contributed by atoms with E-state index in [0.717, 1.165) is 37.3 Å². The van der Waals surface area contributed by atoms with Crippen LogP contribution in [-0.4, -0.2) is 26.2 Å². The number of nitrogens with zero attached hydrogens (tertiary/aromatic N) is 1. The van der Waals surface area contributed by atoms with Gasteiger partial charge in [-0.25, -0.2) is 4.39 Å². The van der Waals surface area contributed by atoms with Crippen molar-refractivity contribution in [3.05, 3.63) is 29.1 Å². The van der Waals surface area contributed by atoms with Gasteiger partial charge in [-0.1, -0.05) is 0 Å². The topological polar surface area (TPSA) is 15.3 Å². The number of anilines is 1.